The van der Waals surface area contributed by atoms with Crippen LogP contribution in [-0.4, -0.2) is 9.49 Å². The molecule has 3 aromatic rings. The maximum Gasteiger partial charge on any atom is 0.273 e. The lowest BCUT2D eigenvalue weighted by molar-refractivity contribution is -0.385. The van der Waals surface area contributed by atoms with Crippen molar-refractivity contribution in [1.29, 1.82) is 0 Å². The molecule has 0 aliphatic heterocycles. The van der Waals surface area contributed by atoms with Gasteiger partial charge in [0.15, 0.2) is 0 Å². The molecular weight excluding hydrogens is 366 g/mol. The first-order valence-electron chi connectivity index (χ1n) is 9.65. The molecule has 0 atom stereocenters. The lowest BCUT2D eigenvalue weighted by Crippen LogP contribution is -2.18. The zero-order valence-electron chi connectivity index (χ0n) is 16.7. The third-order valence-corrected chi connectivity index (χ3v) is 4.85. The lowest BCUT2D eigenvalue weighted by atomic mass is 9.99. The third-order valence-electron chi connectivity index (χ3n) is 4.85. The molecule has 29 heavy (non-hydrogen) atoms. The molecule has 0 unspecified atom stereocenters. The van der Waals surface area contributed by atoms with Crippen molar-refractivity contribution < 1.29 is 4.92 Å². The van der Waals surface area contributed by atoms with Gasteiger partial charge >= 0.3 is 0 Å². The summed E-state index contributed by atoms with van der Waals surface area (Å²) in [5.74, 6) is 0.114. The Hall–Kier alpha value is -3.25. The van der Waals surface area contributed by atoms with Crippen molar-refractivity contribution in [3.05, 3.63) is 110 Å². The summed E-state index contributed by atoms with van der Waals surface area (Å²) >= 11 is 0. The highest BCUT2D eigenvalue weighted by Crippen LogP contribution is 2.27. The number of aromatic nitrogens is 1. The van der Waals surface area contributed by atoms with Crippen molar-refractivity contribution in [2.75, 3.05) is 0 Å². The van der Waals surface area contributed by atoms with E-state index in [0.29, 0.717) is 19.6 Å². The van der Waals surface area contributed by atoms with Crippen LogP contribution in [0, 0.1) is 10.1 Å². The normalized spacial score (nSPS) is 11.0. The average Bonchev–Trinajstić information content (AvgIpc) is 2.70. The number of hydrogen-bond acceptors (Lipinski definition) is 4. The Balaban J connectivity index is 1.58. The first kappa shape index (κ1) is 20.5. The molecule has 3 rings (SSSR count). The average molecular weight is 391 g/mol. The van der Waals surface area contributed by atoms with Crippen LogP contribution in [0.3, 0.4) is 0 Å². The van der Waals surface area contributed by atoms with Gasteiger partial charge in [-0.2, -0.15) is 0 Å². The van der Waals surface area contributed by atoms with Gasteiger partial charge in [0.1, 0.15) is 0 Å². The fraction of sp³-hybridized carbons (Fsp3) is 0.261. The third kappa shape index (κ3) is 5.39. The second-order valence-electron chi connectivity index (χ2n) is 7.39. The molecular formula is C23H25N3O3. The van der Waals surface area contributed by atoms with Gasteiger partial charge < -0.3 is 9.88 Å². The molecule has 0 saturated carbocycles. The first-order valence-corrected chi connectivity index (χ1v) is 9.65. The predicted octanol–water partition coefficient (Wildman–Crippen LogP) is 4.22. The molecule has 0 amide bonds. The minimum absolute atomic E-state index is 0.0178. The minimum Gasteiger partial charge on any atom is -0.311 e. The van der Waals surface area contributed by atoms with Crippen molar-refractivity contribution in [3.8, 4) is 0 Å². The summed E-state index contributed by atoms with van der Waals surface area (Å²) in [6.45, 7) is 5.67. The molecule has 6 heteroatoms. The summed E-state index contributed by atoms with van der Waals surface area (Å²) in [5, 5.41) is 14.7. The van der Waals surface area contributed by atoms with Gasteiger partial charge in [0.05, 0.1) is 11.5 Å². The Kier molecular flexibility index (Phi) is 6.57. The summed E-state index contributed by atoms with van der Waals surface area (Å²) in [6, 6.07) is 18.7. The Morgan fingerprint density at radius 1 is 0.966 bits per heavy atom. The molecule has 1 N–H and O–H groups in total. The monoisotopic (exact) mass is 391 g/mol. The van der Waals surface area contributed by atoms with Gasteiger partial charge in [-0.15, -0.1) is 0 Å². The lowest BCUT2D eigenvalue weighted by Gasteiger charge is -2.10. The topological polar surface area (TPSA) is 77.2 Å². The van der Waals surface area contributed by atoms with Crippen LogP contribution in [0.25, 0.3) is 0 Å². The zero-order chi connectivity index (χ0) is 20.8. The standard InChI is InChI=1S/C23H25N3O3/c1-17(2)21-11-10-20(13-22(21)26(28)29)15-24-14-18-6-8-19(9-7-18)16-25-12-4-3-5-23(25)27/h3-13,17,24H,14-16H2,1-2H3. The van der Waals surface area contributed by atoms with Crippen molar-refractivity contribution in [3.63, 3.8) is 0 Å². The van der Waals surface area contributed by atoms with E-state index in [1.165, 1.54) is 0 Å². The maximum absolute atomic E-state index is 11.8. The van der Waals surface area contributed by atoms with Gasteiger partial charge in [0.2, 0.25) is 0 Å². The maximum atomic E-state index is 11.8. The first-order chi connectivity index (χ1) is 13.9. The van der Waals surface area contributed by atoms with Crippen LogP contribution >= 0.6 is 0 Å². The Morgan fingerprint density at radius 3 is 2.28 bits per heavy atom. The molecule has 2 aromatic carbocycles. The van der Waals surface area contributed by atoms with Crippen LogP contribution in [0.2, 0.25) is 0 Å². The van der Waals surface area contributed by atoms with Crippen LogP contribution in [-0.2, 0) is 19.6 Å². The molecule has 6 nitrogen and oxygen atoms in total. The second kappa shape index (κ2) is 9.30. The van der Waals surface area contributed by atoms with E-state index in [2.05, 4.69) is 5.32 Å². The molecule has 0 aliphatic rings. The van der Waals surface area contributed by atoms with E-state index in [1.54, 1.807) is 29.0 Å². The molecule has 0 fully saturated rings. The fourth-order valence-corrected chi connectivity index (χ4v) is 3.25. The van der Waals surface area contributed by atoms with E-state index in [4.69, 9.17) is 0 Å². The van der Waals surface area contributed by atoms with Gasteiger partial charge in [0.25, 0.3) is 11.2 Å². The number of hydrogen-bond donors (Lipinski definition) is 1. The number of benzene rings is 2. The van der Waals surface area contributed by atoms with Crippen LogP contribution in [0.5, 0.6) is 0 Å². The van der Waals surface area contributed by atoms with Crippen molar-refractivity contribution in [2.24, 2.45) is 0 Å². The highest BCUT2D eigenvalue weighted by atomic mass is 16.6. The molecule has 0 spiro atoms. The summed E-state index contributed by atoms with van der Waals surface area (Å²) in [5.41, 5.74) is 3.98. The number of nitro benzene ring substituents is 1. The van der Waals surface area contributed by atoms with E-state index in [1.807, 2.05) is 56.3 Å². The molecule has 0 radical (unpaired) electrons. The highest BCUT2D eigenvalue weighted by molar-refractivity contribution is 5.45. The number of pyridine rings is 1. The van der Waals surface area contributed by atoms with E-state index < -0.39 is 0 Å². The summed E-state index contributed by atoms with van der Waals surface area (Å²) in [4.78, 5) is 22.8. The molecule has 0 saturated heterocycles. The zero-order valence-corrected chi connectivity index (χ0v) is 16.7. The van der Waals surface area contributed by atoms with Gasteiger partial charge in [-0.05, 0) is 28.7 Å². The number of rotatable bonds is 8. The van der Waals surface area contributed by atoms with Gasteiger partial charge in [-0.3, -0.25) is 14.9 Å². The van der Waals surface area contributed by atoms with Gasteiger partial charge in [0, 0.05) is 37.0 Å². The van der Waals surface area contributed by atoms with Crippen molar-refractivity contribution in [1.82, 2.24) is 9.88 Å². The van der Waals surface area contributed by atoms with Gasteiger partial charge in [-0.25, -0.2) is 0 Å². The predicted molar refractivity (Wildman–Crippen MR) is 114 cm³/mol. The van der Waals surface area contributed by atoms with Crippen LogP contribution < -0.4 is 10.9 Å². The van der Waals surface area contributed by atoms with Gasteiger partial charge in [-0.1, -0.05) is 56.3 Å². The molecule has 1 heterocycles. The van der Waals surface area contributed by atoms with E-state index in [9.17, 15) is 14.9 Å². The molecule has 1 aromatic heterocycles. The highest BCUT2D eigenvalue weighted by Gasteiger charge is 2.16. The Labute approximate surface area is 170 Å². The van der Waals surface area contributed by atoms with Crippen LogP contribution in [0.1, 0.15) is 42.0 Å². The minimum atomic E-state index is -0.310. The summed E-state index contributed by atoms with van der Waals surface area (Å²) in [7, 11) is 0. The summed E-state index contributed by atoms with van der Waals surface area (Å²) in [6.07, 6.45) is 1.78. The van der Waals surface area contributed by atoms with E-state index in [0.717, 1.165) is 22.3 Å². The van der Waals surface area contributed by atoms with Crippen LogP contribution in [0.15, 0.2) is 71.7 Å². The summed E-state index contributed by atoms with van der Waals surface area (Å²) < 4.78 is 1.67. The Morgan fingerprint density at radius 2 is 1.62 bits per heavy atom. The van der Waals surface area contributed by atoms with Crippen LogP contribution in [0.4, 0.5) is 5.69 Å². The SMILES string of the molecule is CC(C)c1ccc(CNCc2ccc(Cn3ccccc3=O)cc2)cc1[N+](=O)[O-]. The van der Waals surface area contributed by atoms with E-state index >= 15 is 0 Å². The molecule has 0 bridgehead atoms. The quantitative estimate of drug-likeness (QED) is 0.461. The second-order valence-corrected chi connectivity index (χ2v) is 7.39. The fourth-order valence-electron chi connectivity index (χ4n) is 3.25. The number of nitrogens with zero attached hydrogens (tertiary/aromatic N) is 2. The molecule has 150 valence electrons. The van der Waals surface area contributed by atoms with Crippen molar-refractivity contribution in [2.45, 2.75) is 39.4 Å². The largest absolute Gasteiger partial charge is 0.311 e. The molecule has 0 aliphatic carbocycles. The number of nitro groups is 1. The van der Waals surface area contributed by atoms with E-state index in [-0.39, 0.29) is 22.1 Å². The van der Waals surface area contributed by atoms with Crippen molar-refractivity contribution >= 4 is 5.69 Å². The smallest absolute Gasteiger partial charge is 0.273 e. The number of nitrogens with one attached hydrogen (secondary N) is 1. The Bertz CT molecular complexity index is 1040.